The van der Waals surface area contributed by atoms with E-state index >= 15 is 0 Å². The van der Waals surface area contributed by atoms with Gasteiger partial charge in [0.25, 0.3) is 0 Å². The summed E-state index contributed by atoms with van der Waals surface area (Å²) in [6.07, 6.45) is 0.584. The Labute approximate surface area is 155 Å². The number of rotatable bonds is 7. The number of alkyl carbamates (subject to hydrolysis) is 1. The number of piperidine rings is 1. The van der Waals surface area contributed by atoms with Crippen LogP contribution in [-0.4, -0.2) is 58.7 Å². The minimum absolute atomic E-state index is 0.0784. The quantitative estimate of drug-likeness (QED) is 0.465. The van der Waals surface area contributed by atoms with E-state index in [1.807, 2.05) is 0 Å². The van der Waals surface area contributed by atoms with Crippen molar-refractivity contribution < 1.29 is 28.8 Å². The lowest BCUT2D eigenvalue weighted by atomic mass is 9.76. The maximum Gasteiger partial charge on any atom is 0.475 e. The lowest BCUT2D eigenvalue weighted by Crippen LogP contribution is -2.49. The number of halogens is 1. The van der Waals surface area contributed by atoms with Crippen LogP contribution in [-0.2, 0) is 16.0 Å². The van der Waals surface area contributed by atoms with E-state index < -0.39 is 30.5 Å². The molecule has 0 spiro atoms. The van der Waals surface area contributed by atoms with Crippen LogP contribution in [0.5, 0.6) is 0 Å². The van der Waals surface area contributed by atoms with Gasteiger partial charge >= 0.3 is 13.2 Å². The van der Waals surface area contributed by atoms with E-state index in [1.54, 1.807) is 4.90 Å². The molecule has 142 valence electrons. The van der Waals surface area contributed by atoms with Gasteiger partial charge in [-0.05, 0) is 47.9 Å². The van der Waals surface area contributed by atoms with Gasteiger partial charge in [0, 0.05) is 6.54 Å². The highest BCUT2D eigenvalue weighted by Gasteiger charge is 2.91. The Bertz CT molecular complexity index is 776. The van der Waals surface area contributed by atoms with Crippen LogP contribution >= 0.6 is 0 Å². The Kier molecular flexibility index (Phi) is 4.23. The van der Waals surface area contributed by atoms with Crippen LogP contribution in [0, 0.1) is 23.6 Å². The summed E-state index contributed by atoms with van der Waals surface area (Å²) in [6, 6.07) is 5.53. The van der Waals surface area contributed by atoms with Crippen LogP contribution in [0.2, 0.25) is 0 Å². The molecule has 2 saturated heterocycles. The molecular formula is C18H20BFN2O5. The number of hydrogen-bond donors (Lipinski definition) is 3. The fraction of sp³-hybridized carbons (Fsp3) is 0.444. The summed E-state index contributed by atoms with van der Waals surface area (Å²) in [5.74, 6) is -0.266. The van der Waals surface area contributed by atoms with E-state index in [9.17, 15) is 24.0 Å². The highest BCUT2D eigenvalue weighted by Crippen LogP contribution is 2.83. The zero-order valence-electron chi connectivity index (χ0n) is 14.5. The van der Waals surface area contributed by atoms with E-state index in [2.05, 4.69) is 11.9 Å². The van der Waals surface area contributed by atoms with Crippen LogP contribution in [0.1, 0.15) is 5.56 Å². The predicted molar refractivity (Wildman–Crippen MR) is 93.7 cm³/mol. The number of nitrogens with zero attached hydrogens (tertiary/aromatic N) is 1. The van der Waals surface area contributed by atoms with Crippen molar-refractivity contribution >= 4 is 19.1 Å². The Morgan fingerprint density at radius 2 is 2.07 bits per heavy atom. The Morgan fingerprint density at radius 3 is 2.67 bits per heavy atom. The Balaban J connectivity index is 1.32. The minimum Gasteiger partial charge on any atom is -0.447 e. The topological polar surface area (TPSA) is 99.1 Å². The molecule has 5 rings (SSSR count). The van der Waals surface area contributed by atoms with Crippen LogP contribution in [0.3, 0.4) is 0 Å². The van der Waals surface area contributed by atoms with Gasteiger partial charge in [0.1, 0.15) is 12.4 Å². The lowest BCUT2D eigenvalue weighted by molar-refractivity contribution is -0.128. The third-order valence-electron chi connectivity index (χ3n) is 6.02. The Morgan fingerprint density at radius 1 is 1.41 bits per heavy atom. The highest BCUT2D eigenvalue weighted by atomic mass is 19.1. The normalized spacial score (nSPS) is 30.2. The van der Waals surface area contributed by atoms with E-state index in [0.717, 1.165) is 0 Å². The average Bonchev–Trinajstić information content (AvgIpc) is 3.46. The van der Waals surface area contributed by atoms with Crippen molar-refractivity contribution in [3.05, 3.63) is 48.3 Å². The van der Waals surface area contributed by atoms with Crippen molar-refractivity contribution in [2.45, 2.75) is 17.9 Å². The molecule has 1 unspecified atom stereocenters. The summed E-state index contributed by atoms with van der Waals surface area (Å²) in [4.78, 5) is 25.8. The summed E-state index contributed by atoms with van der Waals surface area (Å²) in [7, 11) is -1.80. The molecule has 1 aromatic rings. The molecule has 27 heavy (non-hydrogen) atoms. The molecule has 0 radical (unpaired) electrons. The van der Waals surface area contributed by atoms with Crippen LogP contribution in [0.15, 0.2) is 36.9 Å². The summed E-state index contributed by atoms with van der Waals surface area (Å²) in [5, 5.41) is 21.5. The number of hydrogen-bond acceptors (Lipinski definition) is 5. The molecule has 2 bridgehead atoms. The molecule has 4 fully saturated rings. The van der Waals surface area contributed by atoms with Crippen LogP contribution < -0.4 is 5.32 Å². The third kappa shape index (κ3) is 2.91. The van der Waals surface area contributed by atoms with Crippen molar-refractivity contribution in [1.29, 1.82) is 0 Å². The van der Waals surface area contributed by atoms with Gasteiger partial charge in [-0.15, -0.1) is 0 Å². The van der Waals surface area contributed by atoms with Crippen molar-refractivity contribution in [2.24, 2.45) is 17.8 Å². The fourth-order valence-electron chi connectivity index (χ4n) is 4.60. The molecule has 2 saturated carbocycles. The maximum absolute atomic E-state index is 13.0. The average molecular weight is 374 g/mol. The monoisotopic (exact) mass is 374 g/mol. The smallest absolute Gasteiger partial charge is 0.447 e. The largest absolute Gasteiger partial charge is 0.475 e. The van der Waals surface area contributed by atoms with Gasteiger partial charge in [-0.3, -0.25) is 4.79 Å². The molecule has 1 aromatic carbocycles. The Hall–Kier alpha value is -2.39. The maximum atomic E-state index is 13.0. The van der Waals surface area contributed by atoms with Crippen LogP contribution in [0.4, 0.5) is 9.18 Å². The molecule has 0 aromatic heterocycles. The van der Waals surface area contributed by atoms with E-state index in [1.165, 1.54) is 30.3 Å². The first-order valence-electron chi connectivity index (χ1n) is 8.86. The van der Waals surface area contributed by atoms with Crippen molar-refractivity contribution in [1.82, 2.24) is 10.2 Å². The molecule has 2 aliphatic heterocycles. The molecule has 5 atom stereocenters. The molecule has 3 N–H and O–H groups in total. The van der Waals surface area contributed by atoms with Crippen LogP contribution in [0.25, 0.3) is 0 Å². The first-order valence-corrected chi connectivity index (χ1v) is 8.86. The predicted octanol–water partition coefficient (Wildman–Crippen LogP) is 0.118. The molecule has 4 aliphatic rings. The van der Waals surface area contributed by atoms with E-state index in [-0.39, 0.29) is 18.9 Å². The highest BCUT2D eigenvalue weighted by molar-refractivity contribution is 6.43. The number of carbonyl (C=O) groups is 2. The molecule has 7 nitrogen and oxygen atoms in total. The fourth-order valence-corrected chi connectivity index (χ4v) is 4.60. The van der Waals surface area contributed by atoms with Gasteiger partial charge in [0.2, 0.25) is 5.91 Å². The first kappa shape index (κ1) is 18.0. The summed E-state index contributed by atoms with van der Waals surface area (Å²) >= 11 is 0. The zero-order valence-corrected chi connectivity index (χ0v) is 14.5. The zero-order chi connectivity index (χ0) is 19.3. The van der Waals surface area contributed by atoms with Gasteiger partial charge in [-0.25, -0.2) is 9.18 Å². The number of benzene rings is 1. The van der Waals surface area contributed by atoms with E-state index in [0.29, 0.717) is 29.9 Å². The van der Waals surface area contributed by atoms with E-state index in [4.69, 9.17) is 4.74 Å². The molecule has 2 aliphatic carbocycles. The molecule has 9 heteroatoms. The SMILES string of the molecule is C=CC(=O)N1C[C@@H]2C3[C@@H]2[C@]31COC(=O)N[C@@H](Cc1ccc(F)cc1)B(O)O. The van der Waals surface area contributed by atoms with Gasteiger partial charge in [0.15, 0.2) is 0 Å². The first-order chi connectivity index (χ1) is 12.9. The second kappa shape index (κ2) is 6.35. The second-order valence-corrected chi connectivity index (χ2v) is 7.43. The summed E-state index contributed by atoms with van der Waals surface area (Å²) in [5.41, 5.74) is 0.232. The number of carbonyl (C=O) groups excluding carboxylic acids is 2. The van der Waals surface area contributed by atoms with Gasteiger partial charge in [0.05, 0.1) is 11.5 Å². The molecular weight excluding hydrogens is 354 g/mol. The summed E-state index contributed by atoms with van der Waals surface area (Å²) < 4.78 is 18.3. The number of nitrogens with one attached hydrogen (secondary N) is 1. The second-order valence-electron chi connectivity index (χ2n) is 7.43. The minimum atomic E-state index is -1.80. The van der Waals surface area contributed by atoms with Crippen molar-refractivity contribution in [3.8, 4) is 0 Å². The standard InChI is InChI=1S/C18H20BFN2O5/c1-2-14(23)22-8-12-15-16(12)18(15,22)9-27-17(24)21-13(19(25)26)7-10-3-5-11(20)6-4-10/h2-6,12-13,15-16,25-26H,1,7-9H2,(H,21,24)/t12-,13-,15+,16?,18+/m0/s1. The van der Waals surface area contributed by atoms with Crippen molar-refractivity contribution in [3.63, 3.8) is 0 Å². The number of ether oxygens (including phenoxy) is 1. The molecule has 2 heterocycles. The van der Waals surface area contributed by atoms with Gasteiger partial charge in [-0.2, -0.15) is 0 Å². The summed E-state index contributed by atoms with van der Waals surface area (Å²) in [6.45, 7) is 4.26. The van der Waals surface area contributed by atoms with Gasteiger partial charge in [-0.1, -0.05) is 18.7 Å². The van der Waals surface area contributed by atoms with Gasteiger partial charge < -0.3 is 25.0 Å². The van der Waals surface area contributed by atoms with Crippen molar-refractivity contribution in [2.75, 3.05) is 13.2 Å². The number of amides is 2. The lowest BCUT2D eigenvalue weighted by Gasteiger charge is -2.27. The number of fused-ring (bicyclic) bond motifs is 1. The third-order valence-corrected chi connectivity index (χ3v) is 6.02. The molecule has 2 amide bonds.